The lowest BCUT2D eigenvalue weighted by Gasteiger charge is -2.21. The summed E-state index contributed by atoms with van der Waals surface area (Å²) in [7, 11) is 0. The van der Waals surface area contributed by atoms with Crippen LogP contribution in [0.4, 0.5) is 0 Å². The summed E-state index contributed by atoms with van der Waals surface area (Å²) >= 11 is 0. The lowest BCUT2D eigenvalue weighted by atomic mass is 9.97. The van der Waals surface area contributed by atoms with Crippen LogP contribution in [0.2, 0.25) is 0 Å². The second-order valence-corrected chi connectivity index (χ2v) is 4.47. The normalized spacial score (nSPS) is 11.2. The molecule has 0 saturated heterocycles. The molecule has 1 N–H and O–H groups in total. The summed E-state index contributed by atoms with van der Waals surface area (Å²) in [6, 6.07) is 17.1. The van der Waals surface area contributed by atoms with Crippen LogP contribution in [0.5, 0.6) is 11.5 Å². The van der Waals surface area contributed by atoms with Gasteiger partial charge in [0, 0.05) is 5.56 Å². The Balaban J connectivity index is 2.34. The minimum absolute atomic E-state index is 0.686. The number of aliphatic hydroxyl groups is 1. The van der Waals surface area contributed by atoms with Crippen molar-refractivity contribution in [1.29, 1.82) is 0 Å². The van der Waals surface area contributed by atoms with Gasteiger partial charge in [-0.05, 0) is 32.0 Å². The number of benzene rings is 2. The molecule has 0 heterocycles. The molecule has 2 rings (SSSR count). The van der Waals surface area contributed by atoms with Crippen LogP contribution < -0.4 is 4.74 Å². The van der Waals surface area contributed by atoms with Crippen molar-refractivity contribution >= 4 is 0 Å². The summed E-state index contributed by atoms with van der Waals surface area (Å²) in [5.41, 5.74) is -0.130. The maximum Gasteiger partial charge on any atom is 0.133 e. The van der Waals surface area contributed by atoms with Crippen LogP contribution in [-0.2, 0) is 5.60 Å². The van der Waals surface area contributed by atoms with E-state index in [4.69, 9.17) is 4.74 Å². The molecule has 0 spiro atoms. The van der Waals surface area contributed by atoms with Crippen molar-refractivity contribution < 1.29 is 9.84 Å². The number of rotatable bonds is 3. The van der Waals surface area contributed by atoms with Crippen LogP contribution in [0.3, 0.4) is 0 Å². The Bertz CT molecular complexity index is 484. The summed E-state index contributed by atoms with van der Waals surface area (Å²) in [4.78, 5) is 0. The highest BCUT2D eigenvalue weighted by Gasteiger charge is 2.20. The molecule has 88 valence electrons. The fourth-order valence-electron chi connectivity index (χ4n) is 1.68. The number of hydrogen-bond acceptors (Lipinski definition) is 2. The highest BCUT2D eigenvalue weighted by molar-refractivity contribution is 5.40. The average molecular weight is 228 g/mol. The molecular weight excluding hydrogens is 212 g/mol. The Kier molecular flexibility index (Phi) is 3.16. The smallest absolute Gasteiger partial charge is 0.133 e. The molecule has 17 heavy (non-hydrogen) atoms. The van der Waals surface area contributed by atoms with E-state index >= 15 is 0 Å². The average Bonchev–Trinajstić information content (AvgIpc) is 2.30. The minimum Gasteiger partial charge on any atom is -0.457 e. The van der Waals surface area contributed by atoms with Gasteiger partial charge in [-0.2, -0.15) is 0 Å². The molecule has 2 nitrogen and oxygen atoms in total. The van der Waals surface area contributed by atoms with E-state index in [0.717, 1.165) is 11.3 Å². The van der Waals surface area contributed by atoms with Gasteiger partial charge >= 0.3 is 0 Å². The summed E-state index contributed by atoms with van der Waals surface area (Å²) in [6.07, 6.45) is 0. The molecule has 2 aromatic carbocycles. The fraction of sp³-hybridized carbons (Fsp3) is 0.200. The molecule has 0 radical (unpaired) electrons. The monoisotopic (exact) mass is 228 g/mol. The summed E-state index contributed by atoms with van der Waals surface area (Å²) < 4.78 is 5.78. The number of hydrogen-bond donors (Lipinski definition) is 1. The Hall–Kier alpha value is -1.80. The third kappa shape index (κ3) is 2.86. The van der Waals surface area contributed by atoms with Crippen LogP contribution in [0.15, 0.2) is 54.6 Å². The number of ether oxygens (including phenoxy) is 1. The first-order valence-corrected chi connectivity index (χ1v) is 5.62. The van der Waals surface area contributed by atoms with Gasteiger partial charge < -0.3 is 9.84 Å². The van der Waals surface area contributed by atoms with E-state index in [0.29, 0.717) is 5.75 Å². The minimum atomic E-state index is -0.911. The Morgan fingerprint density at radius 2 is 1.47 bits per heavy atom. The molecule has 2 heteroatoms. The van der Waals surface area contributed by atoms with Crippen LogP contribution in [0.1, 0.15) is 19.4 Å². The fourth-order valence-corrected chi connectivity index (χ4v) is 1.68. The summed E-state index contributed by atoms with van der Waals surface area (Å²) in [5, 5.41) is 10.1. The molecule has 0 saturated carbocycles. The topological polar surface area (TPSA) is 29.5 Å². The van der Waals surface area contributed by atoms with Gasteiger partial charge in [0.1, 0.15) is 11.5 Å². The van der Waals surface area contributed by atoms with Crippen molar-refractivity contribution in [3.05, 3.63) is 60.2 Å². The van der Waals surface area contributed by atoms with E-state index in [1.807, 2.05) is 54.6 Å². The third-order valence-corrected chi connectivity index (χ3v) is 2.52. The van der Waals surface area contributed by atoms with Crippen molar-refractivity contribution in [1.82, 2.24) is 0 Å². The first-order valence-electron chi connectivity index (χ1n) is 5.62. The highest BCUT2D eigenvalue weighted by atomic mass is 16.5. The zero-order chi connectivity index (χ0) is 12.3. The summed E-state index contributed by atoms with van der Waals surface area (Å²) in [5.74, 6) is 1.45. The predicted molar refractivity (Wildman–Crippen MR) is 68.2 cm³/mol. The molecule has 0 aromatic heterocycles. The second kappa shape index (κ2) is 4.60. The third-order valence-electron chi connectivity index (χ3n) is 2.52. The molecule has 0 aliphatic carbocycles. The van der Waals surface area contributed by atoms with Gasteiger partial charge in [-0.25, -0.2) is 0 Å². The highest BCUT2D eigenvalue weighted by Crippen LogP contribution is 2.32. The van der Waals surface area contributed by atoms with Gasteiger partial charge in [-0.3, -0.25) is 0 Å². The van der Waals surface area contributed by atoms with Gasteiger partial charge in [0.15, 0.2) is 0 Å². The van der Waals surface area contributed by atoms with Crippen molar-refractivity contribution in [3.8, 4) is 11.5 Å². The van der Waals surface area contributed by atoms with E-state index in [9.17, 15) is 5.11 Å². The molecule has 0 amide bonds. The Labute approximate surface area is 101 Å². The molecule has 0 bridgehead atoms. The van der Waals surface area contributed by atoms with Crippen LogP contribution in [-0.4, -0.2) is 5.11 Å². The Morgan fingerprint density at radius 1 is 0.882 bits per heavy atom. The van der Waals surface area contributed by atoms with E-state index < -0.39 is 5.60 Å². The van der Waals surface area contributed by atoms with Gasteiger partial charge in [-0.15, -0.1) is 0 Å². The van der Waals surface area contributed by atoms with Gasteiger partial charge in [0.25, 0.3) is 0 Å². The van der Waals surface area contributed by atoms with Crippen molar-refractivity contribution in [2.24, 2.45) is 0 Å². The standard InChI is InChI=1S/C15H16O2/c1-15(2,16)13-10-6-7-11-14(13)17-12-8-4-3-5-9-12/h3-11,16H,1-2H3. The van der Waals surface area contributed by atoms with Crippen LogP contribution >= 0.6 is 0 Å². The molecule has 0 fully saturated rings. The molecule has 0 atom stereocenters. The van der Waals surface area contributed by atoms with Crippen LogP contribution in [0.25, 0.3) is 0 Å². The molecule has 0 aliphatic rings. The largest absolute Gasteiger partial charge is 0.457 e. The molecule has 0 unspecified atom stereocenters. The van der Waals surface area contributed by atoms with Crippen molar-refractivity contribution in [3.63, 3.8) is 0 Å². The SMILES string of the molecule is CC(C)(O)c1ccccc1Oc1ccccc1. The molecular formula is C15H16O2. The van der Waals surface area contributed by atoms with E-state index in [1.165, 1.54) is 0 Å². The van der Waals surface area contributed by atoms with Gasteiger partial charge in [0.2, 0.25) is 0 Å². The zero-order valence-corrected chi connectivity index (χ0v) is 10.1. The maximum absolute atomic E-state index is 10.1. The van der Waals surface area contributed by atoms with Crippen molar-refractivity contribution in [2.75, 3.05) is 0 Å². The van der Waals surface area contributed by atoms with E-state index in [-0.39, 0.29) is 0 Å². The van der Waals surface area contributed by atoms with Crippen LogP contribution in [0, 0.1) is 0 Å². The number of para-hydroxylation sites is 2. The van der Waals surface area contributed by atoms with E-state index in [1.54, 1.807) is 13.8 Å². The predicted octanol–water partition coefficient (Wildman–Crippen LogP) is 3.71. The molecule has 2 aromatic rings. The van der Waals surface area contributed by atoms with Gasteiger partial charge in [-0.1, -0.05) is 36.4 Å². The Morgan fingerprint density at radius 3 is 2.12 bits per heavy atom. The lowest BCUT2D eigenvalue weighted by molar-refractivity contribution is 0.0762. The van der Waals surface area contributed by atoms with E-state index in [2.05, 4.69) is 0 Å². The molecule has 0 aliphatic heterocycles. The zero-order valence-electron chi connectivity index (χ0n) is 10.1. The summed E-state index contributed by atoms with van der Waals surface area (Å²) in [6.45, 7) is 3.50. The first kappa shape index (κ1) is 11.7. The second-order valence-electron chi connectivity index (χ2n) is 4.47. The lowest BCUT2D eigenvalue weighted by Crippen LogP contribution is -2.16. The first-order chi connectivity index (χ1) is 8.07. The maximum atomic E-state index is 10.1. The van der Waals surface area contributed by atoms with Crippen molar-refractivity contribution in [2.45, 2.75) is 19.4 Å². The quantitative estimate of drug-likeness (QED) is 0.867. The van der Waals surface area contributed by atoms with Gasteiger partial charge in [0.05, 0.1) is 5.60 Å².